The van der Waals surface area contributed by atoms with Gasteiger partial charge in [0.25, 0.3) is 0 Å². The summed E-state index contributed by atoms with van der Waals surface area (Å²) in [5.41, 5.74) is 0. The minimum absolute atomic E-state index is 0. The first-order valence-corrected chi connectivity index (χ1v) is 2.05. The van der Waals surface area contributed by atoms with Gasteiger partial charge in [0.15, 0.2) is 0 Å². The SMILES string of the molecule is CCO.CCO.[Cl-].[Cl-].[Cl-].[Cl-].[Ti+4]. The topological polar surface area (TPSA) is 40.5 Å². The van der Waals surface area contributed by atoms with E-state index in [1.165, 1.54) is 0 Å². The van der Waals surface area contributed by atoms with Gasteiger partial charge in [0.2, 0.25) is 0 Å². The minimum Gasteiger partial charge on any atom is -1.00 e. The van der Waals surface area contributed by atoms with E-state index in [1.807, 2.05) is 0 Å². The van der Waals surface area contributed by atoms with Crippen LogP contribution in [0.4, 0.5) is 0 Å². The van der Waals surface area contributed by atoms with Crippen LogP contribution < -0.4 is 49.6 Å². The standard InChI is InChI=1S/2C2H6O.4ClH.Ti/c2*1-2-3;;;;;/h2*3H,2H2,1H3;4*1H;/q;;;;;;+4/p-4. The predicted molar refractivity (Wildman–Crippen MR) is 25.5 cm³/mol. The van der Waals surface area contributed by atoms with Crippen LogP contribution in [-0.4, -0.2) is 23.4 Å². The Morgan fingerprint density at radius 1 is 0.727 bits per heavy atom. The average molecular weight is 282 g/mol. The first kappa shape index (κ1) is 53.0. The van der Waals surface area contributed by atoms with Gasteiger partial charge in [-0.05, 0) is 13.8 Å². The van der Waals surface area contributed by atoms with E-state index in [4.69, 9.17) is 10.2 Å². The maximum absolute atomic E-state index is 7.57. The van der Waals surface area contributed by atoms with Crippen LogP contribution in [0.15, 0.2) is 0 Å². The Hall–Kier alpha value is 1.79. The fourth-order valence-corrected chi connectivity index (χ4v) is 0. The fourth-order valence-electron chi connectivity index (χ4n) is 0. The number of aliphatic hydroxyl groups excluding tert-OH is 2. The Balaban J connectivity index is -0.00000000400. The van der Waals surface area contributed by atoms with E-state index in [1.54, 1.807) is 13.8 Å². The smallest absolute Gasteiger partial charge is 1.00 e. The minimum atomic E-state index is 0. The van der Waals surface area contributed by atoms with Crippen LogP contribution in [0.1, 0.15) is 13.8 Å². The monoisotopic (exact) mass is 280 g/mol. The largest absolute Gasteiger partial charge is 4.00 e. The molecule has 0 aliphatic heterocycles. The van der Waals surface area contributed by atoms with Crippen molar-refractivity contribution in [1.29, 1.82) is 0 Å². The normalized spacial score (nSPS) is 3.27. The Morgan fingerprint density at radius 2 is 0.727 bits per heavy atom. The van der Waals surface area contributed by atoms with Crippen molar-refractivity contribution in [3.05, 3.63) is 0 Å². The molecule has 0 amide bonds. The van der Waals surface area contributed by atoms with E-state index in [-0.39, 0.29) is 84.6 Å². The molecule has 0 bridgehead atoms. The molecule has 0 aliphatic rings. The van der Waals surface area contributed by atoms with E-state index in [0.717, 1.165) is 0 Å². The zero-order valence-corrected chi connectivity index (χ0v) is 10.9. The fraction of sp³-hybridized carbons (Fsp3) is 1.00. The van der Waals surface area contributed by atoms with E-state index in [2.05, 4.69) is 0 Å². The molecule has 2 nitrogen and oxygen atoms in total. The number of halogens is 4. The van der Waals surface area contributed by atoms with Crippen molar-refractivity contribution in [2.24, 2.45) is 0 Å². The maximum atomic E-state index is 7.57. The third kappa shape index (κ3) is 351. The first-order valence-electron chi connectivity index (χ1n) is 2.05. The summed E-state index contributed by atoms with van der Waals surface area (Å²) in [7, 11) is 0. The molecule has 0 radical (unpaired) electrons. The van der Waals surface area contributed by atoms with Gasteiger partial charge in [0, 0.05) is 13.2 Å². The molecule has 0 unspecified atom stereocenters. The van der Waals surface area contributed by atoms with Crippen molar-refractivity contribution in [1.82, 2.24) is 0 Å². The summed E-state index contributed by atoms with van der Waals surface area (Å²) in [5, 5.41) is 15.1. The number of aliphatic hydroxyl groups is 2. The molecular formula is C4H12Cl4O2Ti. The van der Waals surface area contributed by atoms with Gasteiger partial charge < -0.3 is 59.8 Å². The van der Waals surface area contributed by atoms with Crippen LogP contribution in [0.5, 0.6) is 0 Å². The second-order valence-corrected chi connectivity index (χ2v) is 0.632. The van der Waals surface area contributed by atoms with Crippen molar-refractivity contribution in [2.45, 2.75) is 13.8 Å². The Labute approximate surface area is 108 Å². The summed E-state index contributed by atoms with van der Waals surface area (Å²) in [6, 6.07) is 0. The molecule has 0 fully saturated rings. The first-order chi connectivity index (χ1) is 2.83. The van der Waals surface area contributed by atoms with Gasteiger partial charge in [0.05, 0.1) is 0 Å². The van der Waals surface area contributed by atoms with Crippen molar-refractivity contribution in [2.75, 3.05) is 13.2 Å². The molecule has 0 aromatic rings. The summed E-state index contributed by atoms with van der Waals surface area (Å²) in [5.74, 6) is 0. The summed E-state index contributed by atoms with van der Waals surface area (Å²) >= 11 is 0. The van der Waals surface area contributed by atoms with Gasteiger partial charge >= 0.3 is 21.7 Å². The number of rotatable bonds is 0. The van der Waals surface area contributed by atoms with Crippen molar-refractivity contribution in [3.8, 4) is 0 Å². The molecule has 0 heterocycles. The summed E-state index contributed by atoms with van der Waals surface area (Å²) < 4.78 is 0. The van der Waals surface area contributed by atoms with Crippen molar-refractivity contribution >= 4 is 0 Å². The molecule has 72 valence electrons. The van der Waals surface area contributed by atoms with Gasteiger partial charge in [-0.2, -0.15) is 0 Å². The molecule has 0 atom stereocenters. The molecule has 0 aromatic heterocycles. The van der Waals surface area contributed by atoms with Gasteiger partial charge in [0.1, 0.15) is 0 Å². The summed E-state index contributed by atoms with van der Waals surface area (Å²) in [6.45, 7) is 3.86. The number of hydrogen-bond donors (Lipinski definition) is 2. The molecule has 0 saturated heterocycles. The van der Waals surface area contributed by atoms with E-state index in [9.17, 15) is 0 Å². The molecule has 2 N–H and O–H groups in total. The molecule has 11 heavy (non-hydrogen) atoms. The van der Waals surface area contributed by atoms with Crippen LogP contribution in [0.25, 0.3) is 0 Å². The zero-order chi connectivity index (χ0) is 5.41. The van der Waals surface area contributed by atoms with E-state index >= 15 is 0 Å². The Morgan fingerprint density at radius 3 is 0.727 bits per heavy atom. The second kappa shape index (κ2) is 95.5. The maximum Gasteiger partial charge on any atom is 4.00 e. The Bertz CT molecular complexity index is 22.1. The zero-order valence-electron chi connectivity index (χ0n) is 6.32. The molecule has 0 aliphatic carbocycles. The molecule has 0 saturated carbocycles. The third-order valence-corrected chi connectivity index (χ3v) is 0. The van der Waals surface area contributed by atoms with Crippen molar-refractivity contribution in [3.63, 3.8) is 0 Å². The van der Waals surface area contributed by atoms with Crippen LogP contribution >= 0.6 is 0 Å². The van der Waals surface area contributed by atoms with Gasteiger partial charge in [-0.15, -0.1) is 0 Å². The van der Waals surface area contributed by atoms with Crippen LogP contribution in [0.2, 0.25) is 0 Å². The Kier molecular flexibility index (Phi) is 460. The molecule has 0 spiro atoms. The van der Waals surface area contributed by atoms with Crippen LogP contribution in [0.3, 0.4) is 0 Å². The van der Waals surface area contributed by atoms with Crippen LogP contribution in [0, 0.1) is 0 Å². The number of hydrogen-bond acceptors (Lipinski definition) is 2. The molecule has 7 heteroatoms. The van der Waals surface area contributed by atoms with Crippen molar-refractivity contribution < 1.29 is 81.6 Å². The predicted octanol–water partition coefficient (Wildman–Crippen LogP) is -12.0. The van der Waals surface area contributed by atoms with Gasteiger partial charge in [-0.1, -0.05) is 0 Å². The van der Waals surface area contributed by atoms with E-state index < -0.39 is 0 Å². The average Bonchev–Trinajstić information content (AvgIpc) is 1.39. The van der Waals surface area contributed by atoms with E-state index in [0.29, 0.717) is 0 Å². The second-order valence-electron chi connectivity index (χ2n) is 0.632. The molecular weight excluding hydrogens is 270 g/mol. The summed E-state index contributed by atoms with van der Waals surface area (Å²) in [6.07, 6.45) is 0. The summed E-state index contributed by atoms with van der Waals surface area (Å²) in [4.78, 5) is 0. The van der Waals surface area contributed by atoms with Crippen LogP contribution in [-0.2, 0) is 21.7 Å². The quantitative estimate of drug-likeness (QED) is 0.433. The molecule has 0 rings (SSSR count). The van der Waals surface area contributed by atoms with Gasteiger partial charge in [-0.25, -0.2) is 0 Å². The molecule has 0 aromatic carbocycles. The van der Waals surface area contributed by atoms with Gasteiger partial charge in [-0.3, -0.25) is 0 Å². The third-order valence-electron chi connectivity index (χ3n) is 0.